The van der Waals surface area contributed by atoms with Crippen LogP contribution in [0.2, 0.25) is 0 Å². The van der Waals surface area contributed by atoms with Crippen molar-refractivity contribution >= 4 is 22.6 Å². The molecule has 4 nitrogen and oxygen atoms in total. The Morgan fingerprint density at radius 3 is 2.66 bits per heavy atom. The minimum Gasteiger partial charge on any atom is -0.335 e. The van der Waals surface area contributed by atoms with Crippen molar-refractivity contribution in [2.75, 3.05) is 5.32 Å². The van der Waals surface area contributed by atoms with E-state index in [0.717, 1.165) is 48.0 Å². The highest BCUT2D eigenvalue weighted by atomic mass is 16.1. The molecule has 0 aliphatic heterocycles. The summed E-state index contributed by atoms with van der Waals surface area (Å²) in [5.41, 5.74) is 5.33. The van der Waals surface area contributed by atoms with Crippen LogP contribution in [0.1, 0.15) is 72.5 Å². The summed E-state index contributed by atoms with van der Waals surface area (Å²) in [5.74, 6) is 2.90. The van der Waals surface area contributed by atoms with E-state index in [1.807, 2.05) is 13.1 Å². The van der Waals surface area contributed by atoms with E-state index >= 15 is 0 Å². The Kier molecular flexibility index (Phi) is 6.39. The van der Waals surface area contributed by atoms with Crippen molar-refractivity contribution in [2.24, 2.45) is 7.05 Å². The number of pyridine rings is 1. The van der Waals surface area contributed by atoms with Crippen molar-refractivity contribution < 1.29 is 4.79 Å². The van der Waals surface area contributed by atoms with Gasteiger partial charge in [0, 0.05) is 29.8 Å². The number of hydrogen-bond donors (Lipinski definition) is 1. The summed E-state index contributed by atoms with van der Waals surface area (Å²) in [5, 5.41) is 4.19. The van der Waals surface area contributed by atoms with Crippen molar-refractivity contribution in [2.45, 2.75) is 52.4 Å². The molecule has 3 rings (SSSR count). The Labute approximate surface area is 173 Å². The van der Waals surface area contributed by atoms with Crippen LogP contribution in [0.25, 0.3) is 11.0 Å². The third-order valence-corrected chi connectivity index (χ3v) is 5.53. The van der Waals surface area contributed by atoms with E-state index in [9.17, 15) is 4.79 Å². The third-order valence-electron chi connectivity index (χ3n) is 5.53. The molecule has 0 bridgehead atoms. The van der Waals surface area contributed by atoms with Gasteiger partial charge in [-0.2, -0.15) is 0 Å². The summed E-state index contributed by atoms with van der Waals surface area (Å²) in [4.78, 5) is 17.4. The Morgan fingerprint density at radius 1 is 1.28 bits per heavy atom. The van der Waals surface area contributed by atoms with E-state index in [1.165, 1.54) is 5.56 Å². The zero-order valence-corrected chi connectivity index (χ0v) is 17.7. The molecule has 0 unspecified atom stereocenters. The van der Waals surface area contributed by atoms with Crippen LogP contribution < -0.4 is 5.32 Å². The van der Waals surface area contributed by atoms with Crippen molar-refractivity contribution in [1.82, 2.24) is 9.55 Å². The van der Waals surface area contributed by atoms with E-state index in [0.29, 0.717) is 17.0 Å². The fourth-order valence-corrected chi connectivity index (χ4v) is 4.07. The van der Waals surface area contributed by atoms with Gasteiger partial charge >= 0.3 is 0 Å². The number of amides is 1. The fraction of sp³-hybridized carbons (Fsp3) is 0.360. The molecule has 1 N–H and O–H groups in total. The Morgan fingerprint density at radius 2 is 2.00 bits per heavy atom. The predicted octanol–water partition coefficient (Wildman–Crippen LogP) is 5.80. The van der Waals surface area contributed by atoms with Crippen LogP contribution in [-0.2, 0) is 7.05 Å². The second-order valence-electron chi connectivity index (χ2n) is 7.64. The average Bonchev–Trinajstić information content (AvgIpc) is 3.07. The first-order valence-electron chi connectivity index (χ1n) is 10.3. The van der Waals surface area contributed by atoms with Crippen LogP contribution in [0.3, 0.4) is 0 Å². The number of aromatic nitrogens is 2. The monoisotopic (exact) mass is 387 g/mol. The number of nitrogens with zero attached hydrogens (tertiary/aromatic N) is 2. The lowest BCUT2D eigenvalue weighted by molar-refractivity contribution is 0.102. The molecule has 4 heteroatoms. The van der Waals surface area contributed by atoms with Gasteiger partial charge in [-0.3, -0.25) is 4.79 Å². The van der Waals surface area contributed by atoms with Gasteiger partial charge in [-0.1, -0.05) is 38.7 Å². The number of rotatable bonds is 7. The van der Waals surface area contributed by atoms with Gasteiger partial charge in [-0.25, -0.2) is 4.98 Å². The lowest BCUT2D eigenvalue weighted by Gasteiger charge is -2.16. The summed E-state index contributed by atoms with van der Waals surface area (Å²) >= 11 is 0. The normalized spacial score (nSPS) is 11.0. The molecule has 0 fully saturated rings. The molecule has 1 aromatic carbocycles. The van der Waals surface area contributed by atoms with Gasteiger partial charge in [-0.15, -0.1) is 6.42 Å². The molecule has 0 saturated carbocycles. The van der Waals surface area contributed by atoms with E-state index < -0.39 is 0 Å². The van der Waals surface area contributed by atoms with Crippen molar-refractivity contribution in [3.63, 3.8) is 0 Å². The maximum atomic E-state index is 12.8. The molecule has 0 aliphatic rings. The molecule has 1 amide bonds. The van der Waals surface area contributed by atoms with Crippen LogP contribution in [0.4, 0.5) is 5.69 Å². The van der Waals surface area contributed by atoms with E-state index in [1.54, 1.807) is 24.4 Å². The summed E-state index contributed by atoms with van der Waals surface area (Å²) in [7, 11) is 2.04. The number of hydrogen-bond acceptors (Lipinski definition) is 2. The van der Waals surface area contributed by atoms with Crippen LogP contribution in [0.5, 0.6) is 0 Å². The highest BCUT2D eigenvalue weighted by Gasteiger charge is 2.20. The molecule has 0 aliphatic carbocycles. The standard InChI is InChI=1S/C25H29N3O/c1-6-10-19(11-7-2)21-16-28(5)24-23(21)17(4)22(15-26-24)27-25(29)20-13-9-12-18(8-3)14-20/h3,9,12-16,19H,6-7,10-11H2,1-2,4-5H3,(H,27,29). The van der Waals surface area contributed by atoms with Crippen molar-refractivity contribution in [3.05, 3.63) is 58.9 Å². The van der Waals surface area contributed by atoms with Gasteiger partial charge < -0.3 is 9.88 Å². The largest absolute Gasteiger partial charge is 0.335 e. The molecule has 0 atom stereocenters. The molecular weight excluding hydrogens is 358 g/mol. The first kappa shape index (κ1) is 20.7. The first-order chi connectivity index (χ1) is 14.0. The maximum Gasteiger partial charge on any atom is 0.255 e. The second-order valence-corrected chi connectivity index (χ2v) is 7.64. The molecular formula is C25H29N3O. The smallest absolute Gasteiger partial charge is 0.255 e. The van der Waals surface area contributed by atoms with Gasteiger partial charge in [-0.05, 0) is 55.0 Å². The lowest BCUT2D eigenvalue weighted by Crippen LogP contribution is -2.13. The topological polar surface area (TPSA) is 46.9 Å². The van der Waals surface area contributed by atoms with Crippen LogP contribution in [0.15, 0.2) is 36.7 Å². The summed E-state index contributed by atoms with van der Waals surface area (Å²) in [6.45, 7) is 6.53. The minimum absolute atomic E-state index is 0.178. The van der Waals surface area contributed by atoms with Gasteiger partial charge in [0.25, 0.3) is 5.91 Å². The summed E-state index contributed by atoms with van der Waals surface area (Å²) in [6.07, 6.45) is 14.0. The van der Waals surface area contributed by atoms with Gasteiger partial charge in [0.2, 0.25) is 0 Å². The van der Waals surface area contributed by atoms with E-state index in [-0.39, 0.29) is 5.91 Å². The molecule has 3 aromatic rings. The quantitative estimate of drug-likeness (QED) is 0.521. The number of terminal acetylenes is 1. The molecule has 150 valence electrons. The molecule has 2 heterocycles. The molecule has 0 spiro atoms. The number of anilines is 1. The number of aryl methyl sites for hydroxylation is 2. The average molecular weight is 388 g/mol. The van der Waals surface area contributed by atoms with Gasteiger partial charge in [0.15, 0.2) is 0 Å². The van der Waals surface area contributed by atoms with E-state index in [2.05, 4.69) is 47.8 Å². The fourth-order valence-electron chi connectivity index (χ4n) is 4.07. The zero-order valence-electron chi connectivity index (χ0n) is 17.7. The highest BCUT2D eigenvalue weighted by molar-refractivity contribution is 6.06. The maximum absolute atomic E-state index is 12.8. The predicted molar refractivity (Wildman–Crippen MR) is 120 cm³/mol. The van der Waals surface area contributed by atoms with Crippen LogP contribution in [0, 0.1) is 19.3 Å². The minimum atomic E-state index is -0.178. The third kappa shape index (κ3) is 4.19. The van der Waals surface area contributed by atoms with Gasteiger partial charge in [0.1, 0.15) is 5.65 Å². The number of fused-ring (bicyclic) bond motifs is 1. The zero-order chi connectivity index (χ0) is 21.0. The number of carbonyl (C=O) groups is 1. The van der Waals surface area contributed by atoms with Crippen molar-refractivity contribution in [1.29, 1.82) is 0 Å². The molecule has 0 radical (unpaired) electrons. The molecule has 29 heavy (non-hydrogen) atoms. The van der Waals surface area contributed by atoms with Crippen LogP contribution >= 0.6 is 0 Å². The van der Waals surface area contributed by atoms with Gasteiger partial charge in [0.05, 0.1) is 11.9 Å². The second kappa shape index (κ2) is 8.96. The Bertz CT molecular complexity index is 1070. The van der Waals surface area contributed by atoms with Crippen LogP contribution in [-0.4, -0.2) is 15.5 Å². The Balaban J connectivity index is 2.01. The number of carbonyl (C=O) groups excluding carboxylic acids is 1. The SMILES string of the molecule is C#Cc1cccc(C(=O)Nc2cnc3c(c(C(CCC)CCC)cn3C)c2C)c1. The Hall–Kier alpha value is -3.06. The summed E-state index contributed by atoms with van der Waals surface area (Å²) in [6, 6.07) is 7.11. The first-order valence-corrected chi connectivity index (χ1v) is 10.3. The lowest BCUT2D eigenvalue weighted by atomic mass is 9.89. The number of benzene rings is 1. The van der Waals surface area contributed by atoms with E-state index in [4.69, 9.17) is 6.42 Å². The van der Waals surface area contributed by atoms with Crippen molar-refractivity contribution in [3.8, 4) is 12.3 Å². The molecule has 0 saturated heterocycles. The highest BCUT2D eigenvalue weighted by Crippen LogP contribution is 2.36. The summed E-state index contributed by atoms with van der Waals surface area (Å²) < 4.78 is 2.10. The molecule has 2 aromatic heterocycles. The number of nitrogens with one attached hydrogen (secondary N) is 1.